The average molecular weight is 593 g/mol. The van der Waals surface area contributed by atoms with E-state index in [0.717, 1.165) is 5.56 Å². The molecule has 0 N–H and O–H groups in total. The highest BCUT2D eigenvalue weighted by Gasteiger charge is 2.30. The van der Waals surface area contributed by atoms with Gasteiger partial charge < -0.3 is 32.8 Å². The number of carbonyl (C=O) groups excluding carboxylic acids is 2. The minimum Gasteiger partial charge on any atom is -0.494 e. The molecule has 0 aliphatic carbocycles. The first-order valence-electron chi connectivity index (χ1n) is 13.8. The van der Waals surface area contributed by atoms with Crippen molar-refractivity contribution in [2.75, 3.05) is 27.9 Å². The molecule has 0 bridgehead atoms. The Morgan fingerprint density at radius 1 is 0.841 bits per heavy atom. The lowest BCUT2D eigenvalue weighted by Crippen LogP contribution is -2.09. The third kappa shape index (κ3) is 5.09. The number of hydrogen-bond donors (Lipinski definition) is 0. The van der Waals surface area contributed by atoms with Crippen LogP contribution < -0.4 is 28.4 Å². The Balaban J connectivity index is 1.32. The number of benzene rings is 4. The van der Waals surface area contributed by atoms with E-state index in [0.29, 0.717) is 57.5 Å². The number of furan rings is 1. The maximum Gasteiger partial charge on any atom is 0.348 e. The van der Waals surface area contributed by atoms with Gasteiger partial charge >= 0.3 is 5.97 Å². The lowest BCUT2D eigenvalue weighted by molar-refractivity contribution is 0.0736. The first kappa shape index (κ1) is 28.4. The van der Waals surface area contributed by atoms with Crippen molar-refractivity contribution in [1.29, 1.82) is 0 Å². The van der Waals surface area contributed by atoms with E-state index in [2.05, 4.69) is 0 Å². The molecule has 1 aromatic heterocycles. The zero-order valence-electron chi connectivity index (χ0n) is 24.5. The second kappa shape index (κ2) is 11.9. The SMILES string of the molecule is CCOc1ccc2oc(-c3ccccc3)c(C(=O)Oc3ccc4c(c3)O/C(=C\c3ccc(OC)c(OC)c3OC)C4=O)c2c1. The van der Waals surface area contributed by atoms with Gasteiger partial charge in [-0.1, -0.05) is 30.3 Å². The summed E-state index contributed by atoms with van der Waals surface area (Å²) in [6.07, 6.45) is 1.56. The first-order chi connectivity index (χ1) is 21.4. The molecule has 0 unspecified atom stereocenters. The molecule has 0 radical (unpaired) electrons. The Bertz CT molecular complexity index is 1920. The minimum atomic E-state index is -0.633. The minimum absolute atomic E-state index is 0.0737. The van der Waals surface area contributed by atoms with Crippen LogP contribution in [0.2, 0.25) is 0 Å². The third-order valence-electron chi connectivity index (χ3n) is 7.08. The van der Waals surface area contributed by atoms with E-state index in [1.54, 1.807) is 48.5 Å². The molecular weight excluding hydrogens is 564 g/mol. The summed E-state index contributed by atoms with van der Waals surface area (Å²) < 4.78 is 39.9. The van der Waals surface area contributed by atoms with Gasteiger partial charge in [0.1, 0.15) is 34.2 Å². The number of methoxy groups -OCH3 is 3. The van der Waals surface area contributed by atoms with Crippen molar-refractivity contribution < 1.29 is 42.4 Å². The summed E-state index contributed by atoms with van der Waals surface area (Å²) in [7, 11) is 4.52. The highest BCUT2D eigenvalue weighted by atomic mass is 16.5. The van der Waals surface area contributed by atoms with Gasteiger partial charge in [0.25, 0.3) is 0 Å². The summed E-state index contributed by atoms with van der Waals surface area (Å²) in [5.74, 6) is 1.79. The van der Waals surface area contributed by atoms with Gasteiger partial charge in [0, 0.05) is 22.6 Å². The Kier molecular flexibility index (Phi) is 7.68. The number of fused-ring (bicyclic) bond motifs is 2. The molecule has 5 aromatic rings. The van der Waals surface area contributed by atoms with Crippen molar-refractivity contribution in [3.63, 3.8) is 0 Å². The van der Waals surface area contributed by atoms with Gasteiger partial charge in [-0.2, -0.15) is 0 Å². The molecule has 222 valence electrons. The molecule has 1 aliphatic rings. The molecule has 9 nitrogen and oxygen atoms in total. The zero-order valence-corrected chi connectivity index (χ0v) is 24.5. The predicted octanol–water partition coefficient (Wildman–Crippen LogP) is 7.36. The van der Waals surface area contributed by atoms with Gasteiger partial charge in [0.15, 0.2) is 17.3 Å². The molecule has 1 aliphatic heterocycles. The van der Waals surface area contributed by atoms with Crippen LogP contribution in [0.25, 0.3) is 28.4 Å². The van der Waals surface area contributed by atoms with E-state index in [-0.39, 0.29) is 28.6 Å². The number of carbonyl (C=O) groups is 2. The molecule has 4 aromatic carbocycles. The van der Waals surface area contributed by atoms with E-state index in [9.17, 15) is 9.59 Å². The van der Waals surface area contributed by atoms with Crippen molar-refractivity contribution in [2.45, 2.75) is 6.92 Å². The zero-order chi connectivity index (χ0) is 30.8. The Morgan fingerprint density at radius 2 is 1.61 bits per heavy atom. The molecule has 0 spiro atoms. The van der Waals surface area contributed by atoms with Crippen molar-refractivity contribution in [3.05, 3.63) is 101 Å². The molecule has 6 rings (SSSR count). The van der Waals surface area contributed by atoms with Crippen LogP contribution in [0.1, 0.15) is 33.2 Å². The van der Waals surface area contributed by atoms with Crippen LogP contribution in [0.3, 0.4) is 0 Å². The molecule has 0 saturated heterocycles. The smallest absolute Gasteiger partial charge is 0.348 e. The Hall–Kier alpha value is -5.70. The van der Waals surface area contributed by atoms with Crippen molar-refractivity contribution in [1.82, 2.24) is 0 Å². The van der Waals surface area contributed by atoms with Gasteiger partial charge in [-0.05, 0) is 55.5 Å². The van der Waals surface area contributed by atoms with Crippen LogP contribution in [0.15, 0.2) is 89.0 Å². The maximum absolute atomic E-state index is 13.7. The highest BCUT2D eigenvalue weighted by molar-refractivity contribution is 6.15. The summed E-state index contributed by atoms with van der Waals surface area (Å²) in [6.45, 7) is 2.35. The molecule has 0 fully saturated rings. The van der Waals surface area contributed by atoms with Crippen molar-refractivity contribution >= 4 is 28.8 Å². The fraction of sp³-hybridized carbons (Fsp3) is 0.143. The van der Waals surface area contributed by atoms with Crippen LogP contribution in [-0.4, -0.2) is 39.7 Å². The van der Waals surface area contributed by atoms with Crippen LogP contribution in [-0.2, 0) is 0 Å². The number of ether oxygens (including phenoxy) is 6. The number of esters is 1. The summed E-state index contributed by atoms with van der Waals surface area (Å²) in [6, 6.07) is 22.7. The number of hydrogen-bond acceptors (Lipinski definition) is 9. The van der Waals surface area contributed by atoms with Gasteiger partial charge in [-0.15, -0.1) is 0 Å². The van der Waals surface area contributed by atoms with E-state index >= 15 is 0 Å². The summed E-state index contributed by atoms with van der Waals surface area (Å²) in [5.41, 5.74) is 2.38. The molecule has 2 heterocycles. The number of Topliss-reactive ketones (excluding diaryl/α,β-unsaturated/α-hetero) is 1. The lowest BCUT2D eigenvalue weighted by atomic mass is 10.1. The molecule has 44 heavy (non-hydrogen) atoms. The van der Waals surface area contributed by atoms with Gasteiger partial charge in [0.2, 0.25) is 11.5 Å². The molecule has 0 atom stereocenters. The van der Waals surface area contributed by atoms with E-state index in [1.165, 1.54) is 27.4 Å². The predicted molar refractivity (Wildman–Crippen MR) is 163 cm³/mol. The van der Waals surface area contributed by atoms with Gasteiger partial charge in [-0.25, -0.2) is 4.79 Å². The average Bonchev–Trinajstić information content (AvgIpc) is 3.58. The lowest BCUT2D eigenvalue weighted by Gasteiger charge is -2.14. The third-order valence-corrected chi connectivity index (χ3v) is 7.08. The van der Waals surface area contributed by atoms with Gasteiger partial charge in [0.05, 0.1) is 33.5 Å². The monoisotopic (exact) mass is 592 g/mol. The van der Waals surface area contributed by atoms with Gasteiger partial charge in [-0.3, -0.25) is 4.79 Å². The molecule has 9 heteroatoms. The second-order valence-corrected chi connectivity index (χ2v) is 9.67. The molecular formula is C35H28O9. The van der Waals surface area contributed by atoms with Crippen LogP contribution in [0, 0.1) is 0 Å². The quantitative estimate of drug-likeness (QED) is 0.0987. The van der Waals surface area contributed by atoms with E-state index in [4.69, 9.17) is 32.8 Å². The van der Waals surface area contributed by atoms with E-state index in [1.807, 2.05) is 37.3 Å². The first-order valence-corrected chi connectivity index (χ1v) is 13.8. The number of rotatable bonds is 9. The maximum atomic E-state index is 13.7. The summed E-state index contributed by atoms with van der Waals surface area (Å²) in [5, 5.41) is 0.557. The summed E-state index contributed by atoms with van der Waals surface area (Å²) in [4.78, 5) is 26.9. The normalized spacial score (nSPS) is 13.0. The Labute approximate surface area is 253 Å². The largest absolute Gasteiger partial charge is 0.494 e. The van der Waals surface area contributed by atoms with Crippen molar-refractivity contribution in [2.24, 2.45) is 0 Å². The van der Waals surface area contributed by atoms with E-state index < -0.39 is 5.97 Å². The molecule has 0 amide bonds. The molecule has 0 saturated carbocycles. The fourth-order valence-corrected chi connectivity index (χ4v) is 5.10. The van der Waals surface area contributed by atoms with Crippen LogP contribution in [0.5, 0.6) is 34.5 Å². The van der Waals surface area contributed by atoms with Crippen molar-refractivity contribution in [3.8, 4) is 45.8 Å². The number of allylic oxidation sites excluding steroid dienone is 1. The van der Waals surface area contributed by atoms with Crippen LogP contribution in [0.4, 0.5) is 0 Å². The van der Waals surface area contributed by atoms with Crippen LogP contribution >= 0.6 is 0 Å². The standard InChI is InChI=1S/C35H28O9/c1-5-41-22-13-16-26-25(18-22)30(32(44-26)20-9-7-6-8-10-20)35(37)42-23-12-14-24-28(19-23)43-29(31(24)36)17-21-11-15-27(38-2)34(40-4)33(21)39-3/h6-19H,5H2,1-4H3/b29-17-. The Morgan fingerprint density at radius 3 is 2.34 bits per heavy atom. The topological polar surface area (TPSA) is 103 Å². The fourth-order valence-electron chi connectivity index (χ4n) is 5.10. The summed E-state index contributed by atoms with van der Waals surface area (Å²) >= 11 is 0. The highest BCUT2D eigenvalue weighted by Crippen LogP contribution is 2.42. The second-order valence-electron chi connectivity index (χ2n) is 9.67. The number of ketones is 1.